The lowest BCUT2D eigenvalue weighted by atomic mass is 9.68. The van der Waals surface area contributed by atoms with Gasteiger partial charge in [-0.1, -0.05) is 34.1 Å². The normalized spacial score (nSPS) is 47.2. The molecule has 4 rings (SSSR count). The molecule has 8 unspecified atom stereocenters. The predicted molar refractivity (Wildman–Crippen MR) is 105 cm³/mol. The zero-order chi connectivity index (χ0) is 17.7. The Kier molecular flexibility index (Phi) is 4.80. The molecule has 0 spiro atoms. The molecular weight excluding hydrogens is 304 g/mol. The van der Waals surface area contributed by atoms with Gasteiger partial charge in [0.05, 0.1) is 0 Å². The molecular formula is C24H38O. The van der Waals surface area contributed by atoms with Crippen molar-refractivity contribution < 1.29 is 4.42 Å². The van der Waals surface area contributed by atoms with E-state index in [1.807, 2.05) is 0 Å². The Labute approximate surface area is 155 Å². The summed E-state index contributed by atoms with van der Waals surface area (Å²) in [4.78, 5) is 0. The highest BCUT2D eigenvalue weighted by Crippen LogP contribution is 2.56. The number of rotatable bonds is 3. The zero-order valence-corrected chi connectivity index (χ0v) is 17.0. The minimum Gasteiger partial charge on any atom is -0.466 e. The summed E-state index contributed by atoms with van der Waals surface area (Å²) < 4.78 is 6.06. The second kappa shape index (κ2) is 6.78. The Hall–Kier alpha value is -0.720. The number of furan rings is 1. The second-order valence-electron chi connectivity index (χ2n) is 9.99. The largest absolute Gasteiger partial charge is 0.466 e. The molecule has 0 aliphatic heterocycles. The summed E-state index contributed by atoms with van der Waals surface area (Å²) >= 11 is 0. The summed E-state index contributed by atoms with van der Waals surface area (Å²) in [5.41, 5.74) is 0. The van der Waals surface area contributed by atoms with E-state index < -0.39 is 0 Å². The topological polar surface area (TPSA) is 13.1 Å². The van der Waals surface area contributed by atoms with E-state index in [1.54, 1.807) is 0 Å². The van der Waals surface area contributed by atoms with Gasteiger partial charge in [-0.3, -0.25) is 0 Å². The van der Waals surface area contributed by atoms with Crippen LogP contribution >= 0.6 is 0 Å². The predicted octanol–water partition coefficient (Wildman–Crippen LogP) is 7.06. The van der Waals surface area contributed by atoms with Crippen LogP contribution in [0.15, 0.2) is 16.5 Å². The standard InChI is InChI=1S/C24H38O/c1-14-9-12-24(25-14)22-8-6-7-20-19(10-11-21(20)22)13-23-17(4)15(2)16(3)18(23)5/h9,12,15-23H,6-8,10-11,13H2,1-5H3. The Morgan fingerprint density at radius 1 is 0.840 bits per heavy atom. The van der Waals surface area contributed by atoms with Crippen LogP contribution in [-0.4, -0.2) is 0 Å². The average Bonchev–Trinajstić information content (AvgIpc) is 3.27. The average molecular weight is 343 g/mol. The molecule has 140 valence electrons. The van der Waals surface area contributed by atoms with Gasteiger partial charge in [0.25, 0.3) is 0 Å². The van der Waals surface area contributed by atoms with Crippen molar-refractivity contribution in [3.05, 3.63) is 23.7 Å². The van der Waals surface area contributed by atoms with Gasteiger partial charge in [-0.15, -0.1) is 0 Å². The highest BCUT2D eigenvalue weighted by molar-refractivity contribution is 5.14. The van der Waals surface area contributed by atoms with Crippen LogP contribution in [-0.2, 0) is 0 Å². The third-order valence-electron chi connectivity index (χ3n) is 9.14. The summed E-state index contributed by atoms with van der Waals surface area (Å²) in [5.74, 6) is 10.5. The van der Waals surface area contributed by atoms with Crippen molar-refractivity contribution in [3.8, 4) is 0 Å². The van der Waals surface area contributed by atoms with Crippen LogP contribution in [0.5, 0.6) is 0 Å². The van der Waals surface area contributed by atoms with Crippen LogP contribution < -0.4 is 0 Å². The fraction of sp³-hybridized carbons (Fsp3) is 0.833. The number of fused-ring (bicyclic) bond motifs is 1. The van der Waals surface area contributed by atoms with Gasteiger partial charge in [0, 0.05) is 5.92 Å². The van der Waals surface area contributed by atoms with E-state index in [-0.39, 0.29) is 0 Å². The van der Waals surface area contributed by atoms with E-state index in [9.17, 15) is 0 Å². The van der Waals surface area contributed by atoms with Crippen molar-refractivity contribution in [3.63, 3.8) is 0 Å². The molecule has 1 aromatic heterocycles. The molecule has 3 aliphatic rings. The van der Waals surface area contributed by atoms with Crippen molar-refractivity contribution in [1.29, 1.82) is 0 Å². The van der Waals surface area contributed by atoms with Crippen molar-refractivity contribution >= 4 is 0 Å². The minimum atomic E-state index is 0.703. The smallest absolute Gasteiger partial charge is 0.107 e. The lowest BCUT2D eigenvalue weighted by Crippen LogP contribution is -2.28. The van der Waals surface area contributed by atoms with Crippen molar-refractivity contribution in [2.45, 2.75) is 79.1 Å². The molecule has 1 heteroatoms. The molecule has 0 radical (unpaired) electrons. The maximum absolute atomic E-state index is 6.06. The van der Waals surface area contributed by atoms with E-state index in [4.69, 9.17) is 4.42 Å². The SMILES string of the molecule is Cc1ccc(C2CCCC3C(CC4C(C)C(C)C(C)C4C)CCC23)o1. The lowest BCUT2D eigenvalue weighted by Gasteiger charge is -2.36. The summed E-state index contributed by atoms with van der Waals surface area (Å²) in [6, 6.07) is 4.43. The first kappa shape index (κ1) is 17.7. The maximum atomic E-state index is 6.06. The summed E-state index contributed by atoms with van der Waals surface area (Å²) in [5, 5.41) is 0. The molecule has 0 saturated heterocycles. The molecule has 1 aromatic rings. The molecule has 0 amide bonds. The van der Waals surface area contributed by atoms with Gasteiger partial charge >= 0.3 is 0 Å². The monoisotopic (exact) mass is 342 g/mol. The van der Waals surface area contributed by atoms with Crippen molar-refractivity contribution in [2.75, 3.05) is 0 Å². The van der Waals surface area contributed by atoms with Crippen LogP contribution in [0.4, 0.5) is 0 Å². The Morgan fingerprint density at radius 3 is 2.20 bits per heavy atom. The Balaban J connectivity index is 1.47. The molecule has 1 heterocycles. The molecule has 3 fully saturated rings. The van der Waals surface area contributed by atoms with Gasteiger partial charge in [-0.2, -0.15) is 0 Å². The first-order valence-corrected chi connectivity index (χ1v) is 11.0. The summed E-state index contributed by atoms with van der Waals surface area (Å²) in [6.45, 7) is 12.2. The van der Waals surface area contributed by atoms with Gasteiger partial charge in [-0.05, 0) is 98.5 Å². The molecule has 0 N–H and O–H groups in total. The molecule has 8 atom stereocenters. The molecule has 25 heavy (non-hydrogen) atoms. The fourth-order valence-corrected chi connectivity index (χ4v) is 7.21. The summed E-state index contributed by atoms with van der Waals surface area (Å²) in [6.07, 6.45) is 8.66. The Morgan fingerprint density at radius 2 is 1.56 bits per heavy atom. The number of hydrogen-bond donors (Lipinski definition) is 0. The quantitative estimate of drug-likeness (QED) is 0.573. The van der Waals surface area contributed by atoms with Crippen LogP contribution in [0.1, 0.15) is 83.7 Å². The Bertz CT molecular complexity index is 573. The van der Waals surface area contributed by atoms with E-state index >= 15 is 0 Å². The van der Waals surface area contributed by atoms with Gasteiger partial charge in [0.2, 0.25) is 0 Å². The van der Waals surface area contributed by atoms with Gasteiger partial charge < -0.3 is 4.42 Å². The zero-order valence-electron chi connectivity index (χ0n) is 17.0. The lowest BCUT2D eigenvalue weighted by molar-refractivity contribution is 0.150. The van der Waals surface area contributed by atoms with Crippen LogP contribution in [0.2, 0.25) is 0 Å². The second-order valence-corrected chi connectivity index (χ2v) is 9.99. The van der Waals surface area contributed by atoms with E-state index in [0.717, 1.165) is 53.1 Å². The summed E-state index contributed by atoms with van der Waals surface area (Å²) in [7, 11) is 0. The third-order valence-corrected chi connectivity index (χ3v) is 9.14. The van der Waals surface area contributed by atoms with Gasteiger partial charge in [0.15, 0.2) is 0 Å². The maximum Gasteiger partial charge on any atom is 0.107 e. The first-order chi connectivity index (χ1) is 12.0. The molecule has 3 saturated carbocycles. The van der Waals surface area contributed by atoms with Crippen molar-refractivity contribution in [2.24, 2.45) is 47.3 Å². The highest BCUT2D eigenvalue weighted by atomic mass is 16.3. The van der Waals surface area contributed by atoms with Crippen molar-refractivity contribution in [1.82, 2.24) is 0 Å². The molecule has 3 aliphatic carbocycles. The minimum absolute atomic E-state index is 0.703. The van der Waals surface area contributed by atoms with Gasteiger partial charge in [0.1, 0.15) is 11.5 Å². The van der Waals surface area contributed by atoms with Gasteiger partial charge in [-0.25, -0.2) is 0 Å². The van der Waals surface area contributed by atoms with Crippen LogP contribution in [0.25, 0.3) is 0 Å². The number of hydrogen-bond acceptors (Lipinski definition) is 1. The molecule has 0 aromatic carbocycles. The van der Waals surface area contributed by atoms with E-state index in [0.29, 0.717) is 5.92 Å². The first-order valence-electron chi connectivity index (χ1n) is 11.0. The molecule has 1 nitrogen and oxygen atoms in total. The van der Waals surface area contributed by atoms with Crippen LogP contribution in [0, 0.1) is 54.3 Å². The van der Waals surface area contributed by atoms with E-state index in [2.05, 4.69) is 46.8 Å². The fourth-order valence-electron chi connectivity index (χ4n) is 7.21. The van der Waals surface area contributed by atoms with E-state index in [1.165, 1.54) is 44.3 Å². The highest BCUT2D eigenvalue weighted by Gasteiger charge is 2.47. The number of aryl methyl sites for hydroxylation is 1. The molecule has 0 bridgehead atoms. The third kappa shape index (κ3) is 3.00. The van der Waals surface area contributed by atoms with Crippen LogP contribution in [0.3, 0.4) is 0 Å².